The van der Waals surface area contributed by atoms with Crippen molar-refractivity contribution in [1.82, 2.24) is 19.9 Å². The second kappa shape index (κ2) is 10.7. The molecule has 0 fully saturated rings. The summed E-state index contributed by atoms with van der Waals surface area (Å²) in [5, 5.41) is 0. The average molecular weight is 370 g/mol. The minimum absolute atomic E-state index is 1.13. The molecule has 0 unspecified atom stereocenters. The van der Waals surface area contributed by atoms with E-state index in [4.69, 9.17) is 13.3 Å². The van der Waals surface area contributed by atoms with Crippen LogP contribution in [0.15, 0.2) is 85.7 Å². The summed E-state index contributed by atoms with van der Waals surface area (Å²) >= 11 is -2.61. The first-order chi connectivity index (χ1) is 12.7. The fourth-order valence-electron chi connectivity index (χ4n) is 2.08. The number of hydrogen-bond donors (Lipinski definition) is 4. The Hall–Kier alpha value is -3.07. The summed E-state index contributed by atoms with van der Waals surface area (Å²) in [6, 6.07) is 15.9. The number of pyridine rings is 2. The predicted molar refractivity (Wildman–Crippen MR) is 101 cm³/mol. The van der Waals surface area contributed by atoms with Gasteiger partial charge in [0.2, 0.25) is 0 Å². The van der Waals surface area contributed by atoms with Crippen LogP contribution in [0.1, 0.15) is 0 Å². The van der Waals surface area contributed by atoms with Crippen LogP contribution < -0.4 is 0 Å². The number of nitrogens with one attached hydrogen (secondary N) is 2. The normalized spacial score (nSPS) is 9.65. The molecule has 7 nitrogen and oxygen atoms in total. The van der Waals surface area contributed by atoms with Crippen molar-refractivity contribution < 1.29 is 13.3 Å². The fourth-order valence-corrected chi connectivity index (χ4v) is 2.08. The van der Waals surface area contributed by atoms with Crippen LogP contribution in [0.2, 0.25) is 0 Å². The highest BCUT2D eigenvalue weighted by Crippen LogP contribution is 2.14. The molecule has 0 aliphatic heterocycles. The van der Waals surface area contributed by atoms with E-state index in [9.17, 15) is 0 Å². The highest BCUT2D eigenvalue weighted by molar-refractivity contribution is 7.73. The van der Waals surface area contributed by atoms with E-state index in [1.165, 1.54) is 11.1 Å². The van der Waals surface area contributed by atoms with Crippen LogP contribution in [0.25, 0.3) is 22.5 Å². The van der Waals surface area contributed by atoms with Crippen molar-refractivity contribution in [3.63, 3.8) is 0 Å². The molecule has 4 aromatic heterocycles. The highest BCUT2D eigenvalue weighted by atomic mass is 32.2. The molecule has 0 spiro atoms. The van der Waals surface area contributed by atoms with Gasteiger partial charge in [-0.1, -0.05) is 0 Å². The van der Waals surface area contributed by atoms with Crippen molar-refractivity contribution in [3.8, 4) is 22.5 Å². The SMILES string of the molecule is O=S(O)O.c1c[nH]c(-c2ccncc2)c1.c1c[nH]c(-c2ccncc2)c1. The minimum Gasteiger partial charge on any atom is -0.361 e. The molecule has 8 heteroatoms. The van der Waals surface area contributed by atoms with Crippen molar-refractivity contribution in [2.75, 3.05) is 0 Å². The molecule has 0 radical (unpaired) electrons. The molecule has 134 valence electrons. The molecule has 0 aliphatic carbocycles. The second-order valence-electron chi connectivity index (χ2n) is 4.87. The zero-order valence-corrected chi connectivity index (χ0v) is 14.5. The lowest BCUT2D eigenvalue weighted by molar-refractivity contribution is 0.454. The minimum atomic E-state index is -2.61. The van der Waals surface area contributed by atoms with Gasteiger partial charge in [0.1, 0.15) is 0 Å². The Balaban J connectivity index is 0.000000156. The molecule has 0 bridgehead atoms. The molecular weight excluding hydrogens is 352 g/mol. The number of aromatic amines is 2. The van der Waals surface area contributed by atoms with Crippen molar-refractivity contribution in [2.24, 2.45) is 0 Å². The third-order valence-corrected chi connectivity index (χ3v) is 3.18. The molecule has 0 atom stereocenters. The van der Waals surface area contributed by atoms with Gasteiger partial charge in [-0.25, -0.2) is 0 Å². The van der Waals surface area contributed by atoms with Gasteiger partial charge in [-0.15, -0.1) is 0 Å². The van der Waals surface area contributed by atoms with E-state index in [0.717, 1.165) is 11.4 Å². The van der Waals surface area contributed by atoms with Crippen molar-refractivity contribution in [2.45, 2.75) is 0 Å². The topological polar surface area (TPSA) is 115 Å². The average Bonchev–Trinajstić information content (AvgIpc) is 3.37. The van der Waals surface area contributed by atoms with Crippen LogP contribution in [-0.2, 0) is 11.4 Å². The first-order valence-corrected chi connectivity index (χ1v) is 8.60. The Kier molecular flexibility index (Phi) is 7.94. The Morgan fingerprint density at radius 2 is 1.04 bits per heavy atom. The first kappa shape index (κ1) is 19.3. The zero-order valence-electron chi connectivity index (χ0n) is 13.7. The van der Waals surface area contributed by atoms with Crippen molar-refractivity contribution >= 4 is 11.4 Å². The summed E-state index contributed by atoms with van der Waals surface area (Å²) in [5.41, 5.74) is 4.61. The fraction of sp³-hybridized carbons (Fsp3) is 0. The van der Waals surface area contributed by atoms with Crippen LogP contribution in [0.4, 0.5) is 0 Å². The third kappa shape index (κ3) is 6.81. The lowest BCUT2D eigenvalue weighted by Crippen LogP contribution is -1.75. The zero-order chi connectivity index (χ0) is 18.6. The molecule has 26 heavy (non-hydrogen) atoms. The van der Waals surface area contributed by atoms with Gasteiger partial charge in [0, 0.05) is 59.7 Å². The van der Waals surface area contributed by atoms with E-state index in [-0.39, 0.29) is 0 Å². The molecule has 4 rings (SSSR count). The highest BCUT2D eigenvalue weighted by Gasteiger charge is 1.94. The predicted octanol–water partition coefficient (Wildman–Crippen LogP) is 3.83. The smallest absolute Gasteiger partial charge is 0.299 e. The Labute approximate surface area is 153 Å². The number of rotatable bonds is 2. The number of nitrogens with zero attached hydrogens (tertiary/aromatic N) is 2. The van der Waals surface area contributed by atoms with Crippen LogP contribution in [0.3, 0.4) is 0 Å². The van der Waals surface area contributed by atoms with E-state index < -0.39 is 11.4 Å². The van der Waals surface area contributed by atoms with Crippen molar-refractivity contribution in [1.29, 1.82) is 0 Å². The van der Waals surface area contributed by atoms with Crippen LogP contribution in [-0.4, -0.2) is 33.3 Å². The van der Waals surface area contributed by atoms with Gasteiger partial charge in [-0.05, 0) is 48.5 Å². The lowest BCUT2D eigenvalue weighted by atomic mass is 10.2. The van der Waals surface area contributed by atoms with Crippen LogP contribution >= 0.6 is 0 Å². The van der Waals surface area contributed by atoms with Gasteiger partial charge in [0.15, 0.2) is 0 Å². The maximum absolute atomic E-state index is 8.67. The summed E-state index contributed by atoms with van der Waals surface area (Å²) in [6.07, 6.45) is 11.0. The Bertz CT molecular complexity index is 794. The molecular formula is C18H18N4O3S. The Morgan fingerprint density at radius 3 is 1.31 bits per heavy atom. The number of H-pyrrole nitrogens is 2. The van der Waals surface area contributed by atoms with E-state index in [2.05, 4.69) is 19.9 Å². The van der Waals surface area contributed by atoms with E-state index in [1.54, 1.807) is 24.8 Å². The maximum Gasteiger partial charge on any atom is 0.299 e. The van der Waals surface area contributed by atoms with Gasteiger partial charge >= 0.3 is 0 Å². The summed E-state index contributed by atoms with van der Waals surface area (Å²) in [5.74, 6) is 0. The first-order valence-electron chi connectivity index (χ1n) is 7.54. The van der Waals surface area contributed by atoms with E-state index >= 15 is 0 Å². The van der Waals surface area contributed by atoms with E-state index in [1.807, 2.05) is 60.9 Å². The molecule has 0 aliphatic rings. The molecule has 0 saturated carbocycles. The maximum atomic E-state index is 8.67. The van der Waals surface area contributed by atoms with Crippen molar-refractivity contribution in [3.05, 3.63) is 85.7 Å². The molecule has 4 heterocycles. The molecule has 0 amide bonds. The molecule has 0 aromatic carbocycles. The molecule has 4 N–H and O–H groups in total. The summed E-state index contributed by atoms with van der Waals surface area (Å²) in [6.45, 7) is 0. The van der Waals surface area contributed by atoms with Crippen LogP contribution in [0.5, 0.6) is 0 Å². The Morgan fingerprint density at radius 1 is 0.692 bits per heavy atom. The third-order valence-electron chi connectivity index (χ3n) is 3.18. The number of hydrogen-bond acceptors (Lipinski definition) is 3. The van der Waals surface area contributed by atoms with Gasteiger partial charge in [0.05, 0.1) is 0 Å². The van der Waals surface area contributed by atoms with Gasteiger partial charge < -0.3 is 9.97 Å². The monoisotopic (exact) mass is 370 g/mol. The van der Waals surface area contributed by atoms with E-state index in [0.29, 0.717) is 0 Å². The largest absolute Gasteiger partial charge is 0.361 e. The summed E-state index contributed by atoms with van der Waals surface area (Å²) in [7, 11) is 0. The number of aromatic nitrogens is 4. The van der Waals surface area contributed by atoms with Gasteiger partial charge in [0.25, 0.3) is 11.4 Å². The summed E-state index contributed by atoms with van der Waals surface area (Å²) in [4.78, 5) is 14.1. The standard InChI is InChI=1S/2C9H8N2.H2O3S/c2*1-2-9(11-5-1)8-3-6-10-7-4-8;1-4(2)3/h2*1-7,11H;(H2,1,2,3). The lowest BCUT2D eigenvalue weighted by Gasteiger charge is -1.93. The van der Waals surface area contributed by atoms with Gasteiger partial charge in [-0.3, -0.25) is 19.1 Å². The quantitative estimate of drug-likeness (QED) is 0.400. The van der Waals surface area contributed by atoms with Crippen LogP contribution in [0, 0.1) is 0 Å². The molecule has 0 saturated heterocycles. The summed E-state index contributed by atoms with van der Waals surface area (Å²) < 4.78 is 22.8. The molecule has 4 aromatic rings. The van der Waals surface area contributed by atoms with Gasteiger partial charge in [-0.2, -0.15) is 4.21 Å². The second-order valence-corrected chi connectivity index (χ2v) is 5.33.